The van der Waals surface area contributed by atoms with Crippen LogP contribution in [0, 0.1) is 0 Å². The van der Waals surface area contributed by atoms with Crippen molar-refractivity contribution in [1.29, 1.82) is 0 Å². The van der Waals surface area contributed by atoms with E-state index >= 15 is 0 Å². The van der Waals surface area contributed by atoms with Gasteiger partial charge in [0.15, 0.2) is 5.69 Å². The number of aromatic carboxylic acids is 1. The molecule has 0 bridgehead atoms. The molecule has 4 nitrogen and oxygen atoms in total. The third-order valence-corrected chi connectivity index (χ3v) is 3.43. The summed E-state index contributed by atoms with van der Waals surface area (Å²) in [5.41, 5.74) is 0.502. The molecule has 0 saturated carbocycles. The highest BCUT2D eigenvalue weighted by Gasteiger charge is 2.14. The smallest absolute Gasteiger partial charge is 0.358 e. The number of aromatic nitrogens is 1. The second-order valence-corrected chi connectivity index (χ2v) is 4.86. The standard InChI is InChI=1S/C12H6Cl3NO3/c13-7-3-9(15)8(14)2-6(7)5-1-10(17)11(12(18)19)16-4-5/h1-4,17H,(H,18,19). The molecule has 0 saturated heterocycles. The number of hydrogen-bond donors (Lipinski definition) is 2. The summed E-state index contributed by atoms with van der Waals surface area (Å²) in [6.45, 7) is 0. The van der Waals surface area contributed by atoms with E-state index in [9.17, 15) is 9.90 Å². The zero-order valence-electron chi connectivity index (χ0n) is 9.19. The van der Waals surface area contributed by atoms with Gasteiger partial charge in [-0.25, -0.2) is 9.78 Å². The fourth-order valence-electron chi connectivity index (χ4n) is 1.51. The van der Waals surface area contributed by atoms with Crippen molar-refractivity contribution in [3.05, 3.63) is 45.2 Å². The molecule has 98 valence electrons. The summed E-state index contributed by atoms with van der Waals surface area (Å²) in [5, 5.41) is 19.3. The monoisotopic (exact) mass is 317 g/mol. The molecule has 0 radical (unpaired) electrons. The summed E-state index contributed by atoms with van der Waals surface area (Å²) in [6, 6.07) is 4.23. The molecule has 0 aliphatic rings. The van der Waals surface area contributed by atoms with Gasteiger partial charge in [0, 0.05) is 17.3 Å². The van der Waals surface area contributed by atoms with Crippen molar-refractivity contribution in [1.82, 2.24) is 4.98 Å². The lowest BCUT2D eigenvalue weighted by atomic mass is 10.1. The lowest BCUT2D eigenvalue weighted by Gasteiger charge is -2.07. The van der Waals surface area contributed by atoms with Crippen LogP contribution >= 0.6 is 34.8 Å². The number of halogens is 3. The largest absolute Gasteiger partial charge is 0.505 e. The highest BCUT2D eigenvalue weighted by Crippen LogP contribution is 2.36. The van der Waals surface area contributed by atoms with Gasteiger partial charge >= 0.3 is 5.97 Å². The summed E-state index contributed by atoms with van der Waals surface area (Å²) in [5.74, 6) is -1.77. The molecule has 2 rings (SSSR count). The fourth-order valence-corrected chi connectivity index (χ4v) is 2.16. The molecule has 0 fully saturated rings. The van der Waals surface area contributed by atoms with Gasteiger partial charge in [-0.15, -0.1) is 0 Å². The zero-order chi connectivity index (χ0) is 14.2. The van der Waals surface area contributed by atoms with E-state index < -0.39 is 17.4 Å². The molecular formula is C12H6Cl3NO3. The van der Waals surface area contributed by atoms with E-state index in [1.807, 2.05) is 0 Å². The molecule has 0 spiro atoms. The number of aromatic hydroxyl groups is 1. The molecule has 1 aromatic heterocycles. The molecule has 7 heteroatoms. The van der Waals surface area contributed by atoms with Crippen molar-refractivity contribution >= 4 is 40.8 Å². The Morgan fingerprint density at radius 1 is 1.05 bits per heavy atom. The van der Waals surface area contributed by atoms with E-state index in [0.29, 0.717) is 26.2 Å². The molecule has 2 N–H and O–H groups in total. The van der Waals surface area contributed by atoms with Crippen LogP contribution in [0.2, 0.25) is 15.1 Å². The summed E-state index contributed by atoms with van der Waals surface area (Å²) in [6.07, 6.45) is 1.29. The minimum absolute atomic E-state index is 0.294. The van der Waals surface area contributed by atoms with Crippen molar-refractivity contribution in [2.24, 2.45) is 0 Å². The van der Waals surface area contributed by atoms with Gasteiger partial charge in [-0.3, -0.25) is 0 Å². The van der Waals surface area contributed by atoms with Gasteiger partial charge in [0.2, 0.25) is 0 Å². The lowest BCUT2D eigenvalue weighted by molar-refractivity contribution is 0.0687. The fraction of sp³-hybridized carbons (Fsp3) is 0. The van der Waals surface area contributed by atoms with Gasteiger partial charge < -0.3 is 10.2 Å². The third kappa shape index (κ3) is 2.76. The Hall–Kier alpha value is -1.49. The second-order valence-electron chi connectivity index (χ2n) is 3.64. The van der Waals surface area contributed by atoms with E-state index in [4.69, 9.17) is 39.9 Å². The van der Waals surface area contributed by atoms with Gasteiger partial charge in [0.1, 0.15) is 5.75 Å². The van der Waals surface area contributed by atoms with Crippen LogP contribution in [0.25, 0.3) is 11.1 Å². The molecule has 19 heavy (non-hydrogen) atoms. The quantitative estimate of drug-likeness (QED) is 0.817. The predicted molar refractivity (Wildman–Crippen MR) is 73.3 cm³/mol. The van der Waals surface area contributed by atoms with E-state index in [1.165, 1.54) is 24.4 Å². The molecule has 1 aromatic carbocycles. The number of nitrogens with zero attached hydrogens (tertiary/aromatic N) is 1. The molecule has 0 aliphatic heterocycles. The first-order valence-corrected chi connectivity index (χ1v) is 6.10. The number of rotatable bonds is 2. The predicted octanol–water partition coefficient (Wildman–Crippen LogP) is 4.11. The molecule has 0 amide bonds. The van der Waals surface area contributed by atoms with E-state index in [1.54, 1.807) is 0 Å². The van der Waals surface area contributed by atoms with Gasteiger partial charge in [0.05, 0.1) is 15.1 Å². The number of pyridine rings is 1. The minimum atomic E-state index is -1.32. The maximum Gasteiger partial charge on any atom is 0.358 e. The first-order valence-electron chi connectivity index (χ1n) is 4.97. The third-order valence-electron chi connectivity index (χ3n) is 2.39. The summed E-state index contributed by atoms with van der Waals surface area (Å²) < 4.78 is 0. The van der Waals surface area contributed by atoms with Crippen LogP contribution in [0.5, 0.6) is 5.75 Å². The van der Waals surface area contributed by atoms with E-state index in [0.717, 1.165) is 0 Å². The van der Waals surface area contributed by atoms with Gasteiger partial charge in [-0.2, -0.15) is 0 Å². The Bertz CT molecular complexity index is 674. The highest BCUT2D eigenvalue weighted by atomic mass is 35.5. The number of hydrogen-bond acceptors (Lipinski definition) is 3. The zero-order valence-corrected chi connectivity index (χ0v) is 11.5. The van der Waals surface area contributed by atoms with E-state index in [-0.39, 0.29) is 0 Å². The van der Waals surface area contributed by atoms with Crippen molar-refractivity contribution in [3.63, 3.8) is 0 Å². The number of benzene rings is 1. The van der Waals surface area contributed by atoms with Gasteiger partial charge in [-0.1, -0.05) is 34.8 Å². The SMILES string of the molecule is O=C(O)c1ncc(-c2cc(Cl)c(Cl)cc2Cl)cc1O. The average Bonchev–Trinajstić information content (AvgIpc) is 2.33. The number of carbonyl (C=O) groups is 1. The summed E-state index contributed by atoms with van der Waals surface area (Å²) in [7, 11) is 0. The van der Waals surface area contributed by atoms with Crippen molar-refractivity contribution in [2.45, 2.75) is 0 Å². The molecule has 1 heterocycles. The minimum Gasteiger partial charge on any atom is -0.505 e. The molecular weight excluding hydrogens is 312 g/mol. The lowest BCUT2D eigenvalue weighted by Crippen LogP contribution is -2.00. The Balaban J connectivity index is 2.57. The summed E-state index contributed by atoms with van der Waals surface area (Å²) >= 11 is 17.7. The Labute approximate surface area is 123 Å². The second kappa shape index (κ2) is 5.25. The molecule has 0 aliphatic carbocycles. The molecule has 2 aromatic rings. The number of carboxylic acids is 1. The first-order chi connectivity index (χ1) is 8.90. The van der Waals surface area contributed by atoms with Crippen molar-refractivity contribution in [3.8, 4) is 16.9 Å². The molecule has 0 unspecified atom stereocenters. The van der Waals surface area contributed by atoms with Crippen molar-refractivity contribution in [2.75, 3.05) is 0 Å². The average molecular weight is 319 g/mol. The van der Waals surface area contributed by atoms with Crippen molar-refractivity contribution < 1.29 is 15.0 Å². The normalized spacial score (nSPS) is 10.5. The van der Waals surface area contributed by atoms with Crippen LogP contribution < -0.4 is 0 Å². The van der Waals surface area contributed by atoms with Crippen LogP contribution in [0.3, 0.4) is 0 Å². The highest BCUT2D eigenvalue weighted by molar-refractivity contribution is 6.44. The van der Waals surface area contributed by atoms with Crippen LogP contribution in [0.4, 0.5) is 0 Å². The Morgan fingerprint density at radius 3 is 2.26 bits per heavy atom. The Kier molecular flexibility index (Phi) is 3.85. The first kappa shape index (κ1) is 13.9. The van der Waals surface area contributed by atoms with E-state index in [2.05, 4.69) is 4.98 Å². The maximum atomic E-state index is 10.7. The molecule has 0 atom stereocenters. The van der Waals surface area contributed by atoms with Crippen LogP contribution in [-0.2, 0) is 0 Å². The van der Waals surface area contributed by atoms with Gasteiger partial charge in [-0.05, 0) is 18.2 Å². The van der Waals surface area contributed by atoms with Gasteiger partial charge in [0.25, 0.3) is 0 Å². The number of carboxylic acid groups (broad SMARTS) is 1. The van der Waals surface area contributed by atoms with Crippen LogP contribution in [0.15, 0.2) is 24.4 Å². The summed E-state index contributed by atoms with van der Waals surface area (Å²) in [4.78, 5) is 14.4. The topological polar surface area (TPSA) is 70.4 Å². The maximum absolute atomic E-state index is 10.7. The van der Waals surface area contributed by atoms with Crippen LogP contribution in [0.1, 0.15) is 10.5 Å². The van der Waals surface area contributed by atoms with Crippen LogP contribution in [-0.4, -0.2) is 21.2 Å². The Morgan fingerprint density at radius 2 is 1.68 bits per heavy atom.